The van der Waals surface area contributed by atoms with Gasteiger partial charge in [0.05, 0.1) is 0 Å². The second kappa shape index (κ2) is 11.3. The smallest absolute Gasteiger partial charge is 0.122 e. The summed E-state index contributed by atoms with van der Waals surface area (Å²) in [6.45, 7) is 4.00. The van der Waals surface area contributed by atoms with E-state index in [-0.39, 0.29) is 18.9 Å². The van der Waals surface area contributed by atoms with Crippen LogP contribution in [0.25, 0.3) is 0 Å². The van der Waals surface area contributed by atoms with E-state index in [1.54, 1.807) is 12.1 Å². The fourth-order valence-corrected chi connectivity index (χ4v) is 7.97. The van der Waals surface area contributed by atoms with Gasteiger partial charge in [0.1, 0.15) is 40.8 Å². The minimum Gasteiger partial charge on any atom is -0.508 e. The van der Waals surface area contributed by atoms with E-state index in [0.29, 0.717) is 6.16 Å². The molecule has 0 unspecified atom stereocenters. The van der Waals surface area contributed by atoms with E-state index in [1.807, 2.05) is 32.0 Å². The summed E-state index contributed by atoms with van der Waals surface area (Å²) < 4.78 is 0. The normalized spacial score (nSPS) is 10.4. The minimum atomic E-state index is -2.09. The van der Waals surface area contributed by atoms with E-state index in [2.05, 4.69) is 72.8 Å². The molecule has 0 fully saturated rings. The zero-order valence-electron chi connectivity index (χ0n) is 17.4. The molecule has 0 bridgehead atoms. The van der Waals surface area contributed by atoms with Crippen LogP contribution in [-0.2, 0) is 6.16 Å². The first-order valence-electron chi connectivity index (χ1n) is 10.3. The Bertz CT molecular complexity index is 951. The third-order valence-corrected chi connectivity index (χ3v) is 9.42. The Morgan fingerprint density at radius 3 is 1.35 bits per heavy atom. The highest BCUT2D eigenvalue weighted by molar-refractivity contribution is 7.95. The summed E-state index contributed by atoms with van der Waals surface area (Å²) in [4.78, 5) is 0. The maximum atomic E-state index is 10.5. The maximum Gasteiger partial charge on any atom is 0.122 e. The van der Waals surface area contributed by atoms with Crippen molar-refractivity contribution in [3.63, 3.8) is 0 Å². The van der Waals surface area contributed by atoms with Crippen molar-refractivity contribution in [1.82, 2.24) is 0 Å². The van der Waals surface area contributed by atoms with Gasteiger partial charge in [0, 0.05) is 5.56 Å². The van der Waals surface area contributed by atoms with Crippen LogP contribution in [0.5, 0.6) is 11.5 Å². The summed E-state index contributed by atoms with van der Waals surface area (Å²) >= 11 is 0. The highest BCUT2D eigenvalue weighted by Crippen LogP contribution is 2.59. The van der Waals surface area contributed by atoms with Crippen LogP contribution < -0.4 is 15.9 Å². The van der Waals surface area contributed by atoms with E-state index in [1.165, 1.54) is 22.0 Å². The lowest BCUT2D eigenvalue weighted by Crippen LogP contribution is -2.32. The van der Waals surface area contributed by atoms with Crippen molar-refractivity contribution < 1.29 is 10.2 Å². The molecule has 0 aromatic heterocycles. The second-order valence-electron chi connectivity index (χ2n) is 6.79. The summed E-state index contributed by atoms with van der Waals surface area (Å²) in [7, 11) is -2.09. The molecule has 0 amide bonds. The fraction of sp³-hybridized carbons (Fsp3) is 0.143. The molecule has 4 aromatic rings. The highest BCUT2D eigenvalue weighted by atomic mass is 31.2. The van der Waals surface area contributed by atoms with Gasteiger partial charge in [-0.25, -0.2) is 0 Å². The lowest BCUT2D eigenvalue weighted by Gasteiger charge is -2.28. The number of hydrogen-bond donors (Lipinski definition) is 2. The minimum absolute atomic E-state index is 0. The molecule has 31 heavy (non-hydrogen) atoms. The van der Waals surface area contributed by atoms with E-state index >= 15 is 0 Å². The van der Waals surface area contributed by atoms with Gasteiger partial charge in [0.25, 0.3) is 0 Å². The predicted molar refractivity (Wildman–Crippen MR) is 137 cm³/mol. The van der Waals surface area contributed by atoms with Crippen LogP contribution in [0, 0.1) is 0 Å². The molecule has 0 saturated heterocycles. The molecule has 3 heteroatoms. The van der Waals surface area contributed by atoms with Crippen LogP contribution in [0.15, 0.2) is 109 Å². The Balaban J connectivity index is 0.00000111. The lowest BCUT2D eigenvalue weighted by atomic mass is 10.2. The quantitative estimate of drug-likeness (QED) is 0.289. The van der Waals surface area contributed by atoms with Gasteiger partial charge in [-0.15, -0.1) is 0 Å². The molecule has 4 aromatic carbocycles. The summed E-state index contributed by atoms with van der Waals surface area (Å²) in [6.07, 6.45) is 0.630. The zero-order chi connectivity index (χ0) is 21.4. The number of hydrogen-bond acceptors (Lipinski definition) is 2. The van der Waals surface area contributed by atoms with Crippen LogP contribution in [0.1, 0.15) is 26.8 Å². The van der Waals surface area contributed by atoms with Crippen molar-refractivity contribution in [2.24, 2.45) is 0 Å². The Labute approximate surface area is 187 Å². The Hall–Kier alpha value is -3.09. The standard InChI is InChI=1S/C25H21O2P.C2H6.CH4/c26-21-16-17-25(27)20(18-21)19-28(22-10-4-1-5-11-22,23-12-6-2-7-13-23)24-14-8-3-9-15-24;1-2;/h1-18H,19H2,(H-,26,27);1-2H3;1H4/p+1. The van der Waals surface area contributed by atoms with Crippen molar-refractivity contribution in [2.45, 2.75) is 27.4 Å². The summed E-state index contributed by atoms with van der Waals surface area (Å²) in [5.41, 5.74) is 0.755. The molecule has 0 aliphatic rings. The van der Waals surface area contributed by atoms with E-state index < -0.39 is 7.26 Å². The molecular weight excluding hydrogens is 399 g/mol. The first-order valence-corrected chi connectivity index (χ1v) is 12.2. The van der Waals surface area contributed by atoms with Crippen LogP contribution in [0.4, 0.5) is 0 Å². The van der Waals surface area contributed by atoms with Gasteiger partial charge in [0.15, 0.2) is 0 Å². The average molecular weight is 432 g/mol. The third-order valence-electron chi connectivity index (χ3n) is 5.06. The van der Waals surface area contributed by atoms with Gasteiger partial charge in [-0.1, -0.05) is 75.9 Å². The summed E-state index contributed by atoms with van der Waals surface area (Å²) in [6, 6.07) is 36.3. The Morgan fingerprint density at radius 2 is 0.968 bits per heavy atom. The van der Waals surface area contributed by atoms with Crippen molar-refractivity contribution in [1.29, 1.82) is 0 Å². The van der Waals surface area contributed by atoms with Gasteiger partial charge in [-0.05, 0) is 54.6 Å². The van der Waals surface area contributed by atoms with Crippen LogP contribution in [-0.4, -0.2) is 10.2 Å². The molecule has 0 aliphatic heterocycles. The van der Waals surface area contributed by atoms with Crippen molar-refractivity contribution >= 4 is 23.2 Å². The monoisotopic (exact) mass is 431 g/mol. The largest absolute Gasteiger partial charge is 0.508 e. The molecule has 160 valence electrons. The van der Waals surface area contributed by atoms with E-state index in [9.17, 15) is 10.2 Å². The molecule has 2 nitrogen and oxygen atoms in total. The van der Waals surface area contributed by atoms with Crippen molar-refractivity contribution in [3.8, 4) is 11.5 Å². The van der Waals surface area contributed by atoms with Gasteiger partial charge in [-0.2, -0.15) is 0 Å². The Morgan fingerprint density at radius 1 is 0.581 bits per heavy atom. The maximum absolute atomic E-state index is 10.5. The average Bonchev–Trinajstić information content (AvgIpc) is 2.83. The number of phenols is 2. The van der Waals surface area contributed by atoms with Crippen LogP contribution in [0.2, 0.25) is 0 Å². The molecule has 0 aliphatic carbocycles. The van der Waals surface area contributed by atoms with Gasteiger partial charge in [0.2, 0.25) is 0 Å². The van der Waals surface area contributed by atoms with Crippen LogP contribution in [0.3, 0.4) is 0 Å². The molecule has 0 radical (unpaired) electrons. The second-order valence-corrected chi connectivity index (χ2v) is 10.3. The molecular formula is C28H32O2P+. The third kappa shape index (κ3) is 5.16. The number of benzene rings is 4. The number of rotatable bonds is 5. The zero-order valence-corrected chi connectivity index (χ0v) is 18.3. The first-order chi connectivity index (χ1) is 14.7. The van der Waals surface area contributed by atoms with Crippen molar-refractivity contribution in [3.05, 3.63) is 115 Å². The van der Waals surface area contributed by atoms with E-state index in [0.717, 1.165) is 5.56 Å². The lowest BCUT2D eigenvalue weighted by molar-refractivity contribution is 0.456. The molecule has 0 heterocycles. The SMILES string of the molecule is C.CC.Oc1ccc(O)c(C[P+](c2ccccc2)(c2ccccc2)c2ccccc2)c1. The summed E-state index contributed by atoms with van der Waals surface area (Å²) in [5.74, 6) is 0.380. The van der Waals surface area contributed by atoms with Crippen molar-refractivity contribution in [2.75, 3.05) is 0 Å². The first kappa shape index (κ1) is 24.2. The fourth-order valence-electron chi connectivity index (χ4n) is 3.72. The van der Waals surface area contributed by atoms with E-state index in [4.69, 9.17) is 0 Å². The van der Waals surface area contributed by atoms with Gasteiger partial charge >= 0.3 is 0 Å². The molecule has 0 spiro atoms. The highest BCUT2D eigenvalue weighted by Gasteiger charge is 2.45. The topological polar surface area (TPSA) is 40.5 Å². The molecule has 4 rings (SSSR count). The Kier molecular flexibility index (Phi) is 8.85. The molecule has 0 atom stereocenters. The number of phenolic OH excluding ortho intramolecular Hbond substituents is 2. The van der Waals surface area contributed by atoms with Gasteiger partial charge in [-0.3, -0.25) is 0 Å². The molecule has 2 N–H and O–H groups in total. The van der Waals surface area contributed by atoms with Crippen LogP contribution >= 0.6 is 7.26 Å². The van der Waals surface area contributed by atoms with Gasteiger partial charge < -0.3 is 10.2 Å². The number of aromatic hydroxyl groups is 2. The summed E-state index contributed by atoms with van der Waals surface area (Å²) in [5, 5.41) is 24.3. The molecule has 0 saturated carbocycles. The predicted octanol–water partition coefficient (Wildman–Crippen LogP) is 6.25.